The molecule has 0 aliphatic rings. The van der Waals surface area contributed by atoms with Crippen molar-refractivity contribution in [3.05, 3.63) is 35.4 Å². The molecule has 1 rings (SSSR count). The molecule has 0 unspecified atom stereocenters. The molecule has 1 aromatic rings. The third-order valence-electron chi connectivity index (χ3n) is 3.43. The first kappa shape index (κ1) is 14.5. The largest absolute Gasteiger partial charge is 0.296 e. The van der Waals surface area contributed by atoms with Gasteiger partial charge in [-0.2, -0.15) is 0 Å². The molecule has 1 aromatic carbocycles. The van der Waals surface area contributed by atoms with Crippen molar-refractivity contribution in [2.45, 2.75) is 45.7 Å². The lowest BCUT2D eigenvalue weighted by Gasteiger charge is -2.33. The van der Waals surface area contributed by atoms with Crippen LogP contribution in [-0.4, -0.2) is 23.4 Å². The highest BCUT2D eigenvalue weighted by Crippen LogP contribution is 2.19. The Morgan fingerprint density at radius 1 is 1.18 bits per heavy atom. The summed E-state index contributed by atoms with van der Waals surface area (Å²) in [5.74, 6) is 1.24. The van der Waals surface area contributed by atoms with Gasteiger partial charge < -0.3 is 0 Å². The van der Waals surface area contributed by atoms with E-state index in [4.69, 9.17) is 11.6 Å². The fraction of sp³-hybridized carbons (Fsp3) is 0.600. The molecule has 0 aliphatic carbocycles. The van der Waals surface area contributed by atoms with Gasteiger partial charge in [0.2, 0.25) is 0 Å². The van der Waals surface area contributed by atoms with Gasteiger partial charge in [-0.3, -0.25) is 4.90 Å². The van der Waals surface area contributed by atoms with Crippen LogP contribution in [0.25, 0.3) is 0 Å². The molecule has 0 bridgehead atoms. The van der Waals surface area contributed by atoms with Crippen LogP contribution < -0.4 is 0 Å². The van der Waals surface area contributed by atoms with Crippen LogP contribution in [0.3, 0.4) is 0 Å². The summed E-state index contributed by atoms with van der Waals surface area (Å²) < 4.78 is 0. The maximum atomic E-state index is 5.98. The molecule has 0 amide bonds. The first-order valence-corrected chi connectivity index (χ1v) is 6.76. The smallest absolute Gasteiger partial charge is 0.0402 e. The number of benzene rings is 1. The summed E-state index contributed by atoms with van der Waals surface area (Å²) in [5, 5.41) is 0. The average Bonchev–Trinajstić information content (AvgIpc) is 2.29. The van der Waals surface area contributed by atoms with Gasteiger partial charge in [-0.05, 0) is 37.9 Å². The summed E-state index contributed by atoms with van der Waals surface area (Å²) in [6.07, 6.45) is 0. The van der Waals surface area contributed by atoms with Gasteiger partial charge in [0.15, 0.2) is 0 Å². The Labute approximate surface area is 111 Å². The summed E-state index contributed by atoms with van der Waals surface area (Å²) in [5.41, 5.74) is 2.78. The van der Waals surface area contributed by atoms with Gasteiger partial charge in [-0.1, -0.05) is 38.1 Å². The van der Waals surface area contributed by atoms with Crippen LogP contribution >= 0.6 is 11.6 Å². The molecule has 0 spiro atoms. The SMILES string of the molecule is CC(C)c1ccc(CN(C)C(C)(C)CCl)cc1. The van der Waals surface area contributed by atoms with E-state index in [1.165, 1.54) is 11.1 Å². The van der Waals surface area contributed by atoms with Crippen molar-refractivity contribution in [3.8, 4) is 0 Å². The fourth-order valence-electron chi connectivity index (χ4n) is 1.60. The summed E-state index contributed by atoms with van der Waals surface area (Å²) >= 11 is 5.98. The van der Waals surface area contributed by atoms with Crippen LogP contribution in [0, 0.1) is 0 Å². The van der Waals surface area contributed by atoms with Crippen molar-refractivity contribution in [3.63, 3.8) is 0 Å². The van der Waals surface area contributed by atoms with E-state index in [9.17, 15) is 0 Å². The average molecular weight is 254 g/mol. The first-order chi connectivity index (χ1) is 7.86. The molecule has 0 aromatic heterocycles. The number of alkyl halides is 1. The fourth-order valence-corrected chi connectivity index (χ4v) is 1.80. The van der Waals surface area contributed by atoms with Crippen molar-refractivity contribution < 1.29 is 0 Å². The van der Waals surface area contributed by atoms with Gasteiger partial charge in [0.1, 0.15) is 0 Å². The minimum atomic E-state index is 0.0400. The molecule has 2 heteroatoms. The van der Waals surface area contributed by atoms with Gasteiger partial charge in [0, 0.05) is 18.0 Å². The molecule has 0 fully saturated rings. The van der Waals surface area contributed by atoms with E-state index in [1.54, 1.807) is 0 Å². The third kappa shape index (κ3) is 4.01. The number of hydrogen-bond acceptors (Lipinski definition) is 1. The zero-order valence-electron chi connectivity index (χ0n) is 11.6. The number of hydrogen-bond donors (Lipinski definition) is 0. The Bertz CT molecular complexity index is 340. The highest BCUT2D eigenvalue weighted by atomic mass is 35.5. The van der Waals surface area contributed by atoms with Crippen LogP contribution in [0.1, 0.15) is 44.7 Å². The lowest BCUT2D eigenvalue weighted by molar-refractivity contribution is 0.171. The second kappa shape index (κ2) is 5.88. The molecule has 0 atom stereocenters. The Hall–Kier alpha value is -0.530. The second-order valence-electron chi connectivity index (χ2n) is 5.70. The predicted octanol–water partition coefficient (Wildman–Crippen LogP) is 4.26. The van der Waals surface area contributed by atoms with Crippen molar-refractivity contribution in [2.24, 2.45) is 0 Å². The Morgan fingerprint density at radius 2 is 1.71 bits per heavy atom. The van der Waals surface area contributed by atoms with Crippen molar-refractivity contribution in [1.29, 1.82) is 0 Å². The minimum Gasteiger partial charge on any atom is -0.296 e. The van der Waals surface area contributed by atoms with E-state index < -0.39 is 0 Å². The molecular formula is C15H24ClN. The van der Waals surface area contributed by atoms with Crippen LogP contribution in [0.4, 0.5) is 0 Å². The maximum Gasteiger partial charge on any atom is 0.0402 e. The molecule has 0 saturated heterocycles. The van der Waals surface area contributed by atoms with E-state index in [0.717, 1.165) is 6.54 Å². The number of rotatable bonds is 5. The summed E-state index contributed by atoms with van der Waals surface area (Å²) in [6, 6.07) is 8.88. The van der Waals surface area contributed by atoms with Crippen LogP contribution in [0.15, 0.2) is 24.3 Å². The van der Waals surface area contributed by atoms with Crippen LogP contribution in [0.2, 0.25) is 0 Å². The zero-order chi connectivity index (χ0) is 13.1. The zero-order valence-corrected chi connectivity index (χ0v) is 12.4. The minimum absolute atomic E-state index is 0.0400. The number of halogens is 1. The van der Waals surface area contributed by atoms with Gasteiger partial charge >= 0.3 is 0 Å². The Balaban J connectivity index is 2.69. The van der Waals surface area contributed by atoms with E-state index in [1.807, 2.05) is 0 Å². The monoisotopic (exact) mass is 253 g/mol. The van der Waals surface area contributed by atoms with Gasteiger partial charge in [0.25, 0.3) is 0 Å². The van der Waals surface area contributed by atoms with Crippen molar-refractivity contribution in [1.82, 2.24) is 4.90 Å². The first-order valence-electron chi connectivity index (χ1n) is 6.23. The highest BCUT2D eigenvalue weighted by Gasteiger charge is 2.21. The third-order valence-corrected chi connectivity index (χ3v) is 4.08. The highest BCUT2D eigenvalue weighted by molar-refractivity contribution is 6.18. The summed E-state index contributed by atoms with van der Waals surface area (Å²) in [4.78, 5) is 2.30. The normalized spacial score (nSPS) is 12.5. The van der Waals surface area contributed by atoms with E-state index >= 15 is 0 Å². The van der Waals surface area contributed by atoms with Gasteiger partial charge in [-0.15, -0.1) is 11.6 Å². The lowest BCUT2D eigenvalue weighted by Crippen LogP contribution is -2.42. The molecule has 0 N–H and O–H groups in total. The maximum absolute atomic E-state index is 5.98. The van der Waals surface area contributed by atoms with Crippen LogP contribution in [0.5, 0.6) is 0 Å². The molecular weight excluding hydrogens is 230 g/mol. The van der Waals surface area contributed by atoms with Gasteiger partial charge in [-0.25, -0.2) is 0 Å². The lowest BCUT2D eigenvalue weighted by atomic mass is 10.0. The molecule has 0 aliphatic heterocycles. The van der Waals surface area contributed by atoms with Crippen molar-refractivity contribution in [2.75, 3.05) is 12.9 Å². The summed E-state index contributed by atoms with van der Waals surface area (Å²) in [7, 11) is 2.12. The molecule has 0 radical (unpaired) electrons. The molecule has 1 nitrogen and oxygen atoms in total. The van der Waals surface area contributed by atoms with E-state index in [-0.39, 0.29) is 5.54 Å². The quantitative estimate of drug-likeness (QED) is 0.709. The topological polar surface area (TPSA) is 3.24 Å². The standard InChI is InChI=1S/C15H24ClN/c1-12(2)14-8-6-13(7-9-14)10-17(5)15(3,4)11-16/h6-9,12H,10-11H2,1-5H3. The Morgan fingerprint density at radius 3 is 2.12 bits per heavy atom. The molecule has 0 saturated carbocycles. The van der Waals surface area contributed by atoms with Gasteiger partial charge in [0.05, 0.1) is 0 Å². The number of nitrogens with zero attached hydrogens (tertiary/aromatic N) is 1. The molecule has 17 heavy (non-hydrogen) atoms. The van der Waals surface area contributed by atoms with Crippen molar-refractivity contribution >= 4 is 11.6 Å². The Kier molecular flexibility index (Phi) is 5.03. The second-order valence-corrected chi connectivity index (χ2v) is 5.97. The van der Waals surface area contributed by atoms with E-state index in [0.29, 0.717) is 11.8 Å². The summed E-state index contributed by atoms with van der Waals surface area (Å²) in [6.45, 7) is 9.72. The van der Waals surface area contributed by atoms with Crippen LogP contribution in [-0.2, 0) is 6.54 Å². The van der Waals surface area contributed by atoms with E-state index in [2.05, 4.69) is 63.9 Å². The predicted molar refractivity (Wildman–Crippen MR) is 76.8 cm³/mol. The molecule has 96 valence electrons. The molecule has 0 heterocycles.